The van der Waals surface area contributed by atoms with Crippen molar-refractivity contribution >= 4 is 29.3 Å². The SMILES string of the molecule is COc1cc(NC(=O)CSc2nnc(-c3ccco3)n2CCC(N)=O)cc(OC)c1. The maximum atomic E-state index is 12.4. The number of nitrogens with zero attached hydrogens (tertiary/aromatic N) is 3. The van der Waals surface area contributed by atoms with Crippen LogP contribution in [0, 0.1) is 0 Å². The zero-order valence-corrected chi connectivity index (χ0v) is 17.3. The van der Waals surface area contributed by atoms with E-state index in [1.807, 2.05) is 0 Å². The average Bonchev–Trinajstić information content (AvgIpc) is 3.39. The largest absolute Gasteiger partial charge is 0.497 e. The van der Waals surface area contributed by atoms with Crippen LogP contribution in [0.15, 0.2) is 46.2 Å². The summed E-state index contributed by atoms with van der Waals surface area (Å²) in [7, 11) is 3.07. The summed E-state index contributed by atoms with van der Waals surface area (Å²) in [6, 6.07) is 8.56. The van der Waals surface area contributed by atoms with Crippen LogP contribution in [-0.2, 0) is 16.1 Å². The van der Waals surface area contributed by atoms with Crippen LogP contribution in [-0.4, -0.2) is 46.6 Å². The van der Waals surface area contributed by atoms with Crippen molar-refractivity contribution in [2.24, 2.45) is 5.73 Å². The number of hydrogen-bond donors (Lipinski definition) is 2. The summed E-state index contributed by atoms with van der Waals surface area (Å²) in [4.78, 5) is 23.7. The van der Waals surface area contributed by atoms with Crippen LogP contribution in [0.3, 0.4) is 0 Å². The molecule has 0 atom stereocenters. The number of hydrogen-bond acceptors (Lipinski definition) is 8. The van der Waals surface area contributed by atoms with Crippen molar-refractivity contribution in [3.05, 3.63) is 36.6 Å². The summed E-state index contributed by atoms with van der Waals surface area (Å²) >= 11 is 1.19. The number of primary amides is 1. The Hall–Kier alpha value is -3.47. The van der Waals surface area contributed by atoms with Gasteiger partial charge in [-0.15, -0.1) is 10.2 Å². The Morgan fingerprint density at radius 3 is 2.53 bits per heavy atom. The first kappa shape index (κ1) is 21.2. The minimum Gasteiger partial charge on any atom is -0.497 e. The van der Waals surface area contributed by atoms with Crippen LogP contribution in [0.25, 0.3) is 11.6 Å². The molecule has 0 fully saturated rings. The van der Waals surface area contributed by atoms with E-state index in [-0.39, 0.29) is 24.6 Å². The number of carbonyl (C=O) groups excluding carboxylic acids is 2. The molecule has 3 rings (SSSR count). The molecule has 0 saturated heterocycles. The minimum absolute atomic E-state index is 0.0758. The molecule has 0 unspecified atom stereocenters. The zero-order valence-electron chi connectivity index (χ0n) is 16.5. The topological polar surface area (TPSA) is 134 Å². The van der Waals surface area contributed by atoms with E-state index in [0.29, 0.717) is 33.9 Å². The number of aromatic nitrogens is 3. The third-order valence-corrected chi connectivity index (χ3v) is 4.97. The number of rotatable bonds is 10. The van der Waals surface area contributed by atoms with Crippen molar-refractivity contribution < 1.29 is 23.5 Å². The Morgan fingerprint density at radius 1 is 1.20 bits per heavy atom. The highest BCUT2D eigenvalue weighted by Gasteiger charge is 2.18. The van der Waals surface area contributed by atoms with Gasteiger partial charge in [-0.3, -0.25) is 14.2 Å². The Labute approximate surface area is 176 Å². The summed E-state index contributed by atoms with van der Waals surface area (Å²) in [6.45, 7) is 0.273. The second-order valence-electron chi connectivity index (χ2n) is 6.09. The molecule has 2 heterocycles. The molecule has 2 aromatic heterocycles. The Morgan fingerprint density at radius 2 is 1.93 bits per heavy atom. The summed E-state index contributed by atoms with van der Waals surface area (Å²) in [6.07, 6.45) is 1.63. The molecular weight excluding hydrogens is 410 g/mol. The number of nitrogens with one attached hydrogen (secondary N) is 1. The van der Waals surface area contributed by atoms with Crippen molar-refractivity contribution in [3.63, 3.8) is 0 Å². The molecule has 1 aromatic carbocycles. The maximum Gasteiger partial charge on any atom is 0.234 e. The highest BCUT2D eigenvalue weighted by molar-refractivity contribution is 7.99. The van der Waals surface area contributed by atoms with E-state index < -0.39 is 5.91 Å². The van der Waals surface area contributed by atoms with Crippen LogP contribution in [0.5, 0.6) is 11.5 Å². The van der Waals surface area contributed by atoms with E-state index in [4.69, 9.17) is 19.6 Å². The average molecular weight is 431 g/mol. The van der Waals surface area contributed by atoms with Gasteiger partial charge in [0.25, 0.3) is 0 Å². The van der Waals surface area contributed by atoms with Crippen LogP contribution in [0.2, 0.25) is 0 Å². The van der Waals surface area contributed by atoms with Gasteiger partial charge in [-0.25, -0.2) is 0 Å². The summed E-state index contributed by atoms with van der Waals surface area (Å²) in [5, 5.41) is 11.5. The molecule has 10 nitrogen and oxygen atoms in total. The van der Waals surface area contributed by atoms with Gasteiger partial charge in [-0.1, -0.05) is 11.8 Å². The standard InChI is InChI=1S/C19H21N5O5S/c1-27-13-8-12(9-14(10-13)28-2)21-17(26)11-30-19-23-22-18(15-4-3-7-29-15)24(19)6-5-16(20)25/h3-4,7-10H,5-6,11H2,1-2H3,(H2,20,25)(H,21,26). The van der Waals surface area contributed by atoms with Gasteiger partial charge in [0, 0.05) is 36.9 Å². The van der Waals surface area contributed by atoms with E-state index in [2.05, 4.69) is 15.5 Å². The Balaban J connectivity index is 1.70. The highest BCUT2D eigenvalue weighted by Crippen LogP contribution is 2.27. The van der Waals surface area contributed by atoms with Gasteiger partial charge in [0.05, 0.1) is 26.2 Å². The van der Waals surface area contributed by atoms with E-state index >= 15 is 0 Å². The zero-order chi connectivity index (χ0) is 21.5. The van der Waals surface area contributed by atoms with E-state index in [0.717, 1.165) is 0 Å². The summed E-state index contributed by atoms with van der Waals surface area (Å²) in [5.74, 6) is 1.47. The lowest BCUT2D eigenvalue weighted by Crippen LogP contribution is -2.16. The van der Waals surface area contributed by atoms with Gasteiger partial charge in [0.2, 0.25) is 11.8 Å². The Kier molecular flexibility index (Phi) is 6.96. The van der Waals surface area contributed by atoms with E-state index in [9.17, 15) is 9.59 Å². The fourth-order valence-corrected chi connectivity index (χ4v) is 3.38. The molecule has 0 aliphatic heterocycles. The first-order chi connectivity index (χ1) is 14.5. The van der Waals surface area contributed by atoms with Crippen LogP contribution in [0.1, 0.15) is 6.42 Å². The molecule has 0 radical (unpaired) electrons. The lowest BCUT2D eigenvalue weighted by atomic mass is 10.2. The molecule has 2 amide bonds. The van der Waals surface area contributed by atoms with Gasteiger partial charge in [0.1, 0.15) is 11.5 Å². The van der Waals surface area contributed by atoms with Gasteiger partial charge >= 0.3 is 0 Å². The van der Waals surface area contributed by atoms with Crippen molar-refractivity contribution in [2.45, 2.75) is 18.1 Å². The number of methoxy groups -OCH3 is 2. The highest BCUT2D eigenvalue weighted by atomic mass is 32.2. The first-order valence-corrected chi connectivity index (χ1v) is 9.90. The third kappa shape index (κ3) is 5.32. The van der Waals surface area contributed by atoms with Crippen molar-refractivity contribution in [3.8, 4) is 23.1 Å². The number of carbonyl (C=O) groups is 2. The van der Waals surface area contributed by atoms with Crippen molar-refractivity contribution in [2.75, 3.05) is 25.3 Å². The molecule has 30 heavy (non-hydrogen) atoms. The number of thioether (sulfide) groups is 1. The molecule has 0 saturated carbocycles. The third-order valence-electron chi connectivity index (χ3n) is 4.01. The van der Waals surface area contributed by atoms with E-state index in [1.165, 1.54) is 32.2 Å². The van der Waals surface area contributed by atoms with Gasteiger partial charge < -0.3 is 24.9 Å². The fourth-order valence-electron chi connectivity index (χ4n) is 2.61. The van der Waals surface area contributed by atoms with Gasteiger partial charge in [-0.2, -0.15) is 0 Å². The minimum atomic E-state index is -0.449. The van der Waals surface area contributed by atoms with Crippen LogP contribution in [0.4, 0.5) is 5.69 Å². The fraction of sp³-hybridized carbons (Fsp3) is 0.263. The maximum absolute atomic E-state index is 12.4. The molecule has 11 heteroatoms. The number of nitrogens with two attached hydrogens (primary N) is 1. The number of furan rings is 1. The smallest absolute Gasteiger partial charge is 0.234 e. The van der Waals surface area contributed by atoms with E-state index in [1.54, 1.807) is 34.9 Å². The lowest BCUT2D eigenvalue weighted by molar-refractivity contribution is -0.118. The van der Waals surface area contributed by atoms with Crippen molar-refractivity contribution in [1.82, 2.24) is 14.8 Å². The molecule has 158 valence electrons. The molecule has 3 aromatic rings. The number of benzene rings is 1. The van der Waals surface area contributed by atoms with Crippen LogP contribution >= 0.6 is 11.8 Å². The van der Waals surface area contributed by atoms with Gasteiger partial charge in [0.15, 0.2) is 16.7 Å². The summed E-state index contributed by atoms with van der Waals surface area (Å²) in [5.41, 5.74) is 5.82. The van der Waals surface area contributed by atoms with Crippen molar-refractivity contribution in [1.29, 1.82) is 0 Å². The molecular formula is C19H21N5O5S. The summed E-state index contributed by atoms with van der Waals surface area (Å²) < 4.78 is 17.5. The first-order valence-electron chi connectivity index (χ1n) is 8.91. The number of ether oxygens (including phenoxy) is 2. The molecule has 0 spiro atoms. The molecule has 0 bridgehead atoms. The molecule has 3 N–H and O–H groups in total. The number of amides is 2. The van der Waals surface area contributed by atoms with Crippen LogP contribution < -0.4 is 20.5 Å². The predicted molar refractivity (Wildman–Crippen MR) is 110 cm³/mol. The Bertz CT molecular complexity index is 996. The normalized spacial score (nSPS) is 10.6. The predicted octanol–water partition coefficient (Wildman–Crippen LogP) is 2.16. The second kappa shape index (κ2) is 9.83. The number of anilines is 1. The second-order valence-corrected chi connectivity index (χ2v) is 7.03. The molecule has 0 aliphatic rings. The quantitative estimate of drug-likeness (QED) is 0.466. The molecule has 0 aliphatic carbocycles. The lowest BCUT2D eigenvalue weighted by Gasteiger charge is -2.10. The monoisotopic (exact) mass is 431 g/mol. The van der Waals surface area contributed by atoms with Gasteiger partial charge in [-0.05, 0) is 12.1 Å².